The minimum Gasteiger partial charge on any atom is -0.381 e. The van der Waals surface area contributed by atoms with Gasteiger partial charge in [-0.1, -0.05) is 25.0 Å². The number of aliphatic imine (C=N–C) groups is 1. The molecule has 1 aromatic carbocycles. The van der Waals surface area contributed by atoms with Crippen LogP contribution in [0.2, 0.25) is 0 Å². The molecule has 2 fully saturated rings. The summed E-state index contributed by atoms with van der Waals surface area (Å²) in [5, 5.41) is 7.00. The lowest BCUT2D eigenvalue weighted by Gasteiger charge is -2.38. The van der Waals surface area contributed by atoms with E-state index >= 15 is 0 Å². The summed E-state index contributed by atoms with van der Waals surface area (Å²) in [6.07, 6.45) is 6.79. The second-order valence-electron chi connectivity index (χ2n) is 6.95. The molecule has 0 aromatic heterocycles. The highest BCUT2D eigenvalue weighted by atomic mass is 127. The molecule has 1 heterocycles. The molecule has 1 aliphatic heterocycles. The van der Waals surface area contributed by atoms with Crippen molar-refractivity contribution in [2.45, 2.75) is 50.0 Å². The molecule has 0 bridgehead atoms. The number of guanidine groups is 1. The van der Waals surface area contributed by atoms with Gasteiger partial charge in [0.25, 0.3) is 0 Å². The molecule has 2 N–H and O–H groups in total. The highest BCUT2D eigenvalue weighted by Crippen LogP contribution is 2.34. The summed E-state index contributed by atoms with van der Waals surface area (Å²) >= 11 is 0. The van der Waals surface area contributed by atoms with Crippen LogP contribution in [0.25, 0.3) is 0 Å². The number of nitrogens with zero attached hydrogens (tertiary/aromatic N) is 1. The number of rotatable bonds is 4. The van der Waals surface area contributed by atoms with E-state index in [4.69, 9.17) is 4.74 Å². The van der Waals surface area contributed by atoms with Crippen LogP contribution in [0, 0.1) is 5.82 Å². The maximum atomic E-state index is 13.7. The molecule has 0 spiro atoms. The van der Waals surface area contributed by atoms with Gasteiger partial charge >= 0.3 is 0 Å². The normalized spacial score (nSPS) is 20.8. The Morgan fingerprint density at radius 1 is 1.28 bits per heavy atom. The van der Waals surface area contributed by atoms with E-state index in [-0.39, 0.29) is 35.2 Å². The van der Waals surface area contributed by atoms with E-state index in [1.807, 2.05) is 13.1 Å². The van der Waals surface area contributed by atoms with Gasteiger partial charge in [-0.05, 0) is 43.4 Å². The molecule has 1 saturated carbocycles. The average Bonchev–Trinajstić information content (AvgIpc) is 3.12. The van der Waals surface area contributed by atoms with Gasteiger partial charge in [-0.25, -0.2) is 4.39 Å². The summed E-state index contributed by atoms with van der Waals surface area (Å²) in [4.78, 5) is 4.37. The van der Waals surface area contributed by atoms with Crippen molar-refractivity contribution in [3.8, 4) is 0 Å². The highest BCUT2D eigenvalue weighted by molar-refractivity contribution is 14.0. The largest absolute Gasteiger partial charge is 0.381 e. The van der Waals surface area contributed by atoms with E-state index in [1.54, 1.807) is 12.1 Å². The molecule has 3 rings (SSSR count). The Kier molecular flexibility index (Phi) is 7.93. The predicted octanol–water partition coefficient (Wildman–Crippen LogP) is 3.60. The van der Waals surface area contributed by atoms with Gasteiger partial charge in [0.1, 0.15) is 5.82 Å². The molecule has 0 atom stereocenters. The van der Waals surface area contributed by atoms with Crippen LogP contribution >= 0.6 is 24.0 Å². The van der Waals surface area contributed by atoms with Crippen molar-refractivity contribution >= 4 is 29.9 Å². The monoisotopic (exact) mass is 461 g/mol. The van der Waals surface area contributed by atoms with Crippen molar-refractivity contribution in [2.24, 2.45) is 4.99 Å². The molecule has 0 unspecified atom stereocenters. The van der Waals surface area contributed by atoms with Crippen LogP contribution in [0.15, 0.2) is 29.3 Å². The first-order valence-corrected chi connectivity index (χ1v) is 9.03. The fraction of sp³-hybridized carbons (Fsp3) is 0.632. The van der Waals surface area contributed by atoms with Gasteiger partial charge in [0.15, 0.2) is 5.96 Å². The van der Waals surface area contributed by atoms with Crippen LogP contribution in [0.3, 0.4) is 0 Å². The van der Waals surface area contributed by atoms with Gasteiger partial charge in [0, 0.05) is 38.3 Å². The van der Waals surface area contributed by atoms with E-state index in [1.165, 1.54) is 31.7 Å². The summed E-state index contributed by atoms with van der Waals surface area (Å²) in [5.74, 6) is 0.677. The van der Waals surface area contributed by atoms with E-state index < -0.39 is 0 Å². The van der Waals surface area contributed by atoms with Crippen molar-refractivity contribution in [1.82, 2.24) is 10.6 Å². The highest BCUT2D eigenvalue weighted by Gasteiger charge is 2.35. The Hall–Kier alpha value is -0.890. The molecule has 1 aromatic rings. The second-order valence-corrected chi connectivity index (χ2v) is 6.95. The second kappa shape index (κ2) is 9.71. The first-order chi connectivity index (χ1) is 11.7. The van der Waals surface area contributed by atoms with Crippen LogP contribution in [-0.4, -0.2) is 38.8 Å². The Bertz CT molecular complexity index is 570. The van der Waals surface area contributed by atoms with E-state index in [2.05, 4.69) is 15.6 Å². The zero-order chi connectivity index (χ0) is 16.8. The van der Waals surface area contributed by atoms with Gasteiger partial charge in [0.2, 0.25) is 0 Å². The molecule has 4 nitrogen and oxygen atoms in total. The third kappa shape index (κ3) is 5.29. The van der Waals surface area contributed by atoms with Crippen LogP contribution in [0.1, 0.15) is 44.1 Å². The van der Waals surface area contributed by atoms with Crippen molar-refractivity contribution in [3.05, 3.63) is 35.6 Å². The molecule has 2 aliphatic rings. The summed E-state index contributed by atoms with van der Waals surface area (Å²) in [5.41, 5.74) is 0.947. The number of ether oxygens (including phenoxy) is 1. The lowest BCUT2D eigenvalue weighted by Crippen LogP contribution is -2.49. The smallest absolute Gasteiger partial charge is 0.191 e. The fourth-order valence-corrected chi connectivity index (χ4v) is 3.86. The molecular formula is C19H29FIN3O. The first kappa shape index (κ1) is 20.4. The SMILES string of the molecule is CN=C(NCC1(c2cccc(F)c2)CCOCC1)NC1CCCC1.I. The molecule has 1 saturated heterocycles. The van der Waals surface area contributed by atoms with E-state index in [0.717, 1.165) is 30.9 Å². The van der Waals surface area contributed by atoms with Crippen molar-refractivity contribution in [3.63, 3.8) is 0 Å². The van der Waals surface area contributed by atoms with Gasteiger partial charge in [0.05, 0.1) is 0 Å². The van der Waals surface area contributed by atoms with Crippen molar-refractivity contribution in [1.29, 1.82) is 0 Å². The standard InChI is InChI=1S/C19H28FN3O.HI/c1-21-18(23-17-7-2-3-8-17)22-14-19(9-11-24-12-10-19)15-5-4-6-16(20)13-15;/h4-6,13,17H,2-3,7-12,14H2,1H3,(H2,21,22,23);1H. The zero-order valence-electron chi connectivity index (χ0n) is 14.9. The zero-order valence-corrected chi connectivity index (χ0v) is 17.2. The fourth-order valence-electron chi connectivity index (χ4n) is 3.86. The number of halogens is 2. The molecule has 0 radical (unpaired) electrons. The van der Waals surface area contributed by atoms with Gasteiger partial charge in [-0.15, -0.1) is 24.0 Å². The van der Waals surface area contributed by atoms with E-state index in [9.17, 15) is 4.39 Å². The molecule has 1 aliphatic carbocycles. The van der Waals surface area contributed by atoms with Crippen molar-refractivity contribution < 1.29 is 9.13 Å². The summed E-state index contributed by atoms with van der Waals surface area (Å²) in [7, 11) is 1.81. The van der Waals surface area contributed by atoms with Gasteiger partial charge in [-0.3, -0.25) is 4.99 Å². The number of hydrogen-bond donors (Lipinski definition) is 2. The predicted molar refractivity (Wildman–Crippen MR) is 110 cm³/mol. The van der Waals surface area contributed by atoms with Crippen LogP contribution in [0.5, 0.6) is 0 Å². The van der Waals surface area contributed by atoms with Crippen LogP contribution in [0.4, 0.5) is 4.39 Å². The maximum absolute atomic E-state index is 13.7. The van der Waals surface area contributed by atoms with Crippen LogP contribution in [-0.2, 0) is 10.2 Å². The summed E-state index contributed by atoms with van der Waals surface area (Å²) in [6, 6.07) is 7.53. The Labute approximate surface area is 167 Å². The summed E-state index contributed by atoms with van der Waals surface area (Å²) in [6.45, 7) is 2.17. The average molecular weight is 461 g/mol. The third-order valence-corrected chi connectivity index (χ3v) is 5.40. The Morgan fingerprint density at radius 2 is 2.00 bits per heavy atom. The topological polar surface area (TPSA) is 45.7 Å². The molecule has 140 valence electrons. The quantitative estimate of drug-likeness (QED) is 0.409. The van der Waals surface area contributed by atoms with Gasteiger partial charge < -0.3 is 15.4 Å². The molecule has 25 heavy (non-hydrogen) atoms. The van der Waals surface area contributed by atoms with E-state index in [0.29, 0.717) is 19.3 Å². The Balaban J connectivity index is 0.00000225. The van der Waals surface area contributed by atoms with Crippen LogP contribution < -0.4 is 10.6 Å². The van der Waals surface area contributed by atoms with Crippen molar-refractivity contribution in [2.75, 3.05) is 26.8 Å². The summed E-state index contributed by atoms with van der Waals surface area (Å²) < 4.78 is 19.3. The minimum atomic E-state index is -0.174. The minimum absolute atomic E-state index is 0. The number of benzene rings is 1. The maximum Gasteiger partial charge on any atom is 0.191 e. The number of hydrogen-bond acceptors (Lipinski definition) is 2. The molecular weight excluding hydrogens is 432 g/mol. The molecule has 0 amide bonds. The number of nitrogens with one attached hydrogen (secondary N) is 2. The molecule has 6 heteroatoms. The van der Waals surface area contributed by atoms with Gasteiger partial charge in [-0.2, -0.15) is 0 Å². The first-order valence-electron chi connectivity index (χ1n) is 9.03. The lowest BCUT2D eigenvalue weighted by atomic mass is 9.74. The Morgan fingerprint density at radius 3 is 2.64 bits per heavy atom. The lowest BCUT2D eigenvalue weighted by molar-refractivity contribution is 0.0512. The third-order valence-electron chi connectivity index (χ3n) is 5.40.